The second kappa shape index (κ2) is 11.7. The normalized spacial score (nSPS) is 26.5. The molecule has 202 valence electrons. The number of anilines is 1. The van der Waals surface area contributed by atoms with Gasteiger partial charge in [0.05, 0.1) is 6.26 Å². The van der Waals surface area contributed by atoms with Gasteiger partial charge in [-0.3, -0.25) is 4.72 Å². The Morgan fingerprint density at radius 2 is 1.53 bits per heavy atom. The van der Waals surface area contributed by atoms with E-state index in [9.17, 15) is 8.42 Å². The van der Waals surface area contributed by atoms with Crippen molar-refractivity contribution in [2.75, 3.05) is 63.3 Å². The quantitative estimate of drug-likeness (QED) is 0.385. The van der Waals surface area contributed by atoms with E-state index in [0.717, 1.165) is 43.7 Å². The van der Waals surface area contributed by atoms with E-state index in [1.54, 1.807) is 0 Å². The van der Waals surface area contributed by atoms with Crippen LogP contribution in [0.3, 0.4) is 0 Å². The molecule has 0 amide bonds. The van der Waals surface area contributed by atoms with Crippen molar-refractivity contribution in [3.05, 3.63) is 29.8 Å². The van der Waals surface area contributed by atoms with Gasteiger partial charge < -0.3 is 15.1 Å². The minimum atomic E-state index is -3.21. The van der Waals surface area contributed by atoms with E-state index in [0.29, 0.717) is 11.1 Å². The number of unbranched alkanes of at least 4 members (excludes halogenated alkanes) is 1. The van der Waals surface area contributed by atoms with Crippen molar-refractivity contribution in [2.24, 2.45) is 23.2 Å². The summed E-state index contributed by atoms with van der Waals surface area (Å²) in [6, 6.07) is 7.72. The smallest absolute Gasteiger partial charge is 0.229 e. The number of benzene rings is 1. The van der Waals surface area contributed by atoms with Gasteiger partial charge in [0.2, 0.25) is 10.0 Å². The zero-order valence-electron chi connectivity index (χ0n) is 22.4. The van der Waals surface area contributed by atoms with Crippen molar-refractivity contribution >= 4 is 15.7 Å². The molecule has 0 aromatic heterocycles. The Morgan fingerprint density at radius 3 is 2.17 bits per heavy atom. The molecule has 7 heteroatoms. The third-order valence-corrected chi connectivity index (χ3v) is 10.0. The van der Waals surface area contributed by atoms with Gasteiger partial charge in [-0.2, -0.15) is 0 Å². The van der Waals surface area contributed by atoms with Crippen molar-refractivity contribution < 1.29 is 8.42 Å². The fourth-order valence-electron chi connectivity index (χ4n) is 7.50. The molecule has 2 aliphatic carbocycles. The predicted molar refractivity (Wildman–Crippen MR) is 149 cm³/mol. The minimum Gasteiger partial charge on any atom is -0.317 e. The summed E-state index contributed by atoms with van der Waals surface area (Å²) in [5.74, 6) is 2.86. The highest BCUT2D eigenvalue weighted by atomic mass is 32.2. The molecule has 1 spiro atoms. The highest BCUT2D eigenvalue weighted by Gasteiger charge is 2.54. The van der Waals surface area contributed by atoms with Crippen LogP contribution in [0.4, 0.5) is 5.69 Å². The summed E-state index contributed by atoms with van der Waals surface area (Å²) < 4.78 is 25.1. The topological polar surface area (TPSA) is 64.7 Å². The summed E-state index contributed by atoms with van der Waals surface area (Å²) in [7, 11) is -3.21. The molecule has 6 nitrogen and oxygen atoms in total. The molecule has 2 N–H and O–H groups in total. The molecule has 5 rings (SSSR count). The molecular weight excluding hydrogens is 468 g/mol. The second-order valence-corrected chi connectivity index (χ2v) is 14.1. The van der Waals surface area contributed by atoms with Crippen molar-refractivity contribution in [3.8, 4) is 0 Å². The lowest BCUT2D eigenvalue weighted by molar-refractivity contribution is -0.0896. The standard InChI is InChI=1S/C29H48N4O2S/c1-36(34,35)31-28-12-10-24(11-13-28)7-6-17-30-16-4-5-18-32-20-26-22-33(19-25-8-9-25)23-27(21-32)29(26)14-2-3-15-29/h10-13,25-27,30-31H,2-9,14-23H2,1H3. The van der Waals surface area contributed by atoms with Crippen LogP contribution < -0.4 is 10.0 Å². The maximum atomic E-state index is 11.3. The number of hydrogen-bond donors (Lipinski definition) is 2. The molecular formula is C29H48N4O2S. The molecule has 36 heavy (non-hydrogen) atoms. The van der Waals surface area contributed by atoms with Gasteiger partial charge in [-0.1, -0.05) is 25.0 Å². The van der Waals surface area contributed by atoms with Gasteiger partial charge >= 0.3 is 0 Å². The van der Waals surface area contributed by atoms with Crippen LogP contribution in [-0.4, -0.2) is 76.8 Å². The Balaban J connectivity index is 0.958. The summed E-state index contributed by atoms with van der Waals surface area (Å²) in [6.45, 7) is 10.3. The van der Waals surface area contributed by atoms with Crippen LogP contribution in [0.15, 0.2) is 24.3 Å². The van der Waals surface area contributed by atoms with Crippen LogP contribution in [0.5, 0.6) is 0 Å². The average Bonchev–Trinajstić information content (AvgIpc) is 3.50. The van der Waals surface area contributed by atoms with E-state index in [4.69, 9.17) is 0 Å². The van der Waals surface area contributed by atoms with E-state index >= 15 is 0 Å². The molecule has 2 unspecified atom stereocenters. The molecule has 2 atom stereocenters. The van der Waals surface area contributed by atoms with E-state index in [2.05, 4.69) is 19.8 Å². The molecule has 2 heterocycles. The molecule has 4 fully saturated rings. The minimum absolute atomic E-state index is 0.630. The maximum absolute atomic E-state index is 11.3. The monoisotopic (exact) mass is 516 g/mol. The third kappa shape index (κ3) is 7.03. The number of sulfonamides is 1. The molecule has 1 aromatic rings. The van der Waals surface area contributed by atoms with Gasteiger partial charge in [0, 0.05) is 38.4 Å². The van der Waals surface area contributed by atoms with Crippen molar-refractivity contribution in [3.63, 3.8) is 0 Å². The van der Waals surface area contributed by atoms with Gasteiger partial charge in [0.15, 0.2) is 0 Å². The van der Waals surface area contributed by atoms with Crippen LogP contribution >= 0.6 is 0 Å². The molecule has 0 radical (unpaired) electrons. The number of aryl methyl sites for hydroxylation is 1. The lowest BCUT2D eigenvalue weighted by Crippen LogP contribution is -2.62. The van der Waals surface area contributed by atoms with Crippen molar-refractivity contribution in [1.29, 1.82) is 0 Å². The van der Waals surface area contributed by atoms with Crippen LogP contribution in [0.2, 0.25) is 0 Å². The second-order valence-electron chi connectivity index (χ2n) is 12.4. The first kappa shape index (κ1) is 26.5. The number of nitrogens with one attached hydrogen (secondary N) is 2. The van der Waals surface area contributed by atoms with E-state index in [1.165, 1.54) is 102 Å². The number of hydrogen-bond acceptors (Lipinski definition) is 5. The number of likely N-dealkylation sites (tertiary alicyclic amines) is 2. The SMILES string of the molecule is CS(=O)(=O)Nc1ccc(CCCNCCCCN2CC3CN(CC4CC4)CC(C2)C32CCCC2)cc1. The first-order valence-corrected chi connectivity index (χ1v) is 16.5. The summed E-state index contributed by atoms with van der Waals surface area (Å²) in [6.07, 6.45) is 14.8. The summed E-state index contributed by atoms with van der Waals surface area (Å²) in [4.78, 5) is 5.69. The Bertz CT molecular complexity index is 923. The lowest BCUT2D eigenvalue weighted by Gasteiger charge is -2.57. The van der Waals surface area contributed by atoms with Crippen molar-refractivity contribution in [2.45, 2.75) is 64.2 Å². The molecule has 2 bridgehead atoms. The first-order valence-electron chi connectivity index (χ1n) is 14.6. The number of nitrogens with zero attached hydrogens (tertiary/aromatic N) is 2. The Morgan fingerprint density at radius 1 is 0.889 bits per heavy atom. The molecule has 2 saturated carbocycles. The van der Waals surface area contributed by atoms with Crippen LogP contribution in [0.1, 0.15) is 63.4 Å². The van der Waals surface area contributed by atoms with Crippen molar-refractivity contribution in [1.82, 2.24) is 15.1 Å². The Hall–Kier alpha value is -1.15. The van der Waals surface area contributed by atoms with Gasteiger partial charge in [-0.05, 0) is 112 Å². The van der Waals surface area contributed by atoms with Gasteiger partial charge in [-0.15, -0.1) is 0 Å². The number of rotatable bonds is 13. The van der Waals surface area contributed by atoms with E-state index in [-0.39, 0.29) is 0 Å². The number of piperidine rings is 2. The highest BCUT2D eigenvalue weighted by Crippen LogP contribution is 2.55. The third-order valence-electron chi connectivity index (χ3n) is 9.44. The Labute approximate surface area is 219 Å². The Kier molecular flexibility index (Phi) is 8.61. The summed E-state index contributed by atoms with van der Waals surface area (Å²) in [5.41, 5.74) is 2.58. The average molecular weight is 517 g/mol. The van der Waals surface area contributed by atoms with Gasteiger partial charge in [0.25, 0.3) is 0 Å². The molecule has 2 saturated heterocycles. The molecule has 2 aliphatic heterocycles. The fourth-order valence-corrected chi connectivity index (χ4v) is 8.06. The van der Waals surface area contributed by atoms with Crippen LogP contribution in [0, 0.1) is 23.2 Å². The van der Waals surface area contributed by atoms with Crippen LogP contribution in [-0.2, 0) is 16.4 Å². The summed E-state index contributed by atoms with van der Waals surface area (Å²) >= 11 is 0. The van der Waals surface area contributed by atoms with Gasteiger partial charge in [-0.25, -0.2) is 8.42 Å². The highest BCUT2D eigenvalue weighted by molar-refractivity contribution is 7.92. The lowest BCUT2D eigenvalue weighted by atomic mass is 9.60. The zero-order valence-corrected chi connectivity index (χ0v) is 23.2. The van der Waals surface area contributed by atoms with Gasteiger partial charge in [0.1, 0.15) is 0 Å². The predicted octanol–water partition coefficient (Wildman–Crippen LogP) is 4.19. The zero-order chi connectivity index (χ0) is 25.0. The largest absolute Gasteiger partial charge is 0.317 e. The maximum Gasteiger partial charge on any atom is 0.229 e. The summed E-state index contributed by atoms with van der Waals surface area (Å²) in [5, 5.41) is 3.63. The molecule has 1 aromatic carbocycles. The molecule has 4 aliphatic rings. The van der Waals surface area contributed by atoms with Crippen LogP contribution in [0.25, 0.3) is 0 Å². The fraction of sp³-hybridized carbons (Fsp3) is 0.793. The van der Waals surface area contributed by atoms with E-state index in [1.807, 2.05) is 24.3 Å². The first-order chi connectivity index (χ1) is 17.4. The van der Waals surface area contributed by atoms with E-state index < -0.39 is 10.0 Å².